The smallest absolute Gasteiger partial charge is 0.248 e. The summed E-state index contributed by atoms with van der Waals surface area (Å²) in [5.41, 5.74) is 4.40. The minimum Gasteiger partial charge on any atom is -0.506 e. The van der Waals surface area contributed by atoms with Gasteiger partial charge in [-0.15, -0.1) is 0 Å². The molecule has 152 valence electrons. The maximum absolute atomic E-state index is 11.6. The summed E-state index contributed by atoms with van der Waals surface area (Å²) in [6, 6.07) is 16.7. The number of aliphatic hydroxyl groups excluding tert-OH is 1. The van der Waals surface area contributed by atoms with E-state index < -0.39 is 6.10 Å². The fourth-order valence-electron chi connectivity index (χ4n) is 4.30. The summed E-state index contributed by atoms with van der Waals surface area (Å²) in [4.78, 5) is 14.2. The van der Waals surface area contributed by atoms with Gasteiger partial charge in [0.25, 0.3) is 0 Å². The predicted molar refractivity (Wildman–Crippen MR) is 115 cm³/mol. The van der Waals surface area contributed by atoms with Crippen LogP contribution in [0.3, 0.4) is 0 Å². The summed E-state index contributed by atoms with van der Waals surface area (Å²) in [7, 11) is 0. The summed E-state index contributed by atoms with van der Waals surface area (Å²) in [6.45, 7) is 0.378. The number of nitrogens with one attached hydrogen (secondary N) is 2. The molecule has 6 nitrogen and oxygen atoms in total. The lowest BCUT2D eigenvalue weighted by Crippen LogP contribution is -2.33. The number of fused-ring (bicyclic) bond motifs is 2. The minimum absolute atomic E-state index is 0.00906. The molecule has 4 aromatic rings. The van der Waals surface area contributed by atoms with Crippen LogP contribution in [0.1, 0.15) is 22.8 Å². The molecule has 0 spiro atoms. The summed E-state index contributed by atoms with van der Waals surface area (Å²) < 4.78 is 5.50. The lowest BCUT2D eigenvalue weighted by molar-refractivity contribution is 0.171. The third kappa shape index (κ3) is 3.40. The van der Waals surface area contributed by atoms with Crippen LogP contribution in [-0.2, 0) is 12.8 Å². The first-order valence-corrected chi connectivity index (χ1v) is 10.0. The molecule has 5 rings (SSSR count). The molecule has 6 heteroatoms. The van der Waals surface area contributed by atoms with E-state index in [0.29, 0.717) is 23.0 Å². The molecular weight excluding hydrogens is 380 g/mol. The van der Waals surface area contributed by atoms with Gasteiger partial charge in [0.1, 0.15) is 11.5 Å². The number of aliphatic hydroxyl groups is 1. The SMILES string of the molecule is O=c1ccc2c(C(O)CNC3Cc4ccc(-c5ccco5)cc4C3)ccc(O)c2[nH]1. The van der Waals surface area contributed by atoms with Crippen molar-refractivity contribution in [2.75, 3.05) is 6.54 Å². The topological polar surface area (TPSA) is 98.5 Å². The summed E-state index contributed by atoms with van der Waals surface area (Å²) in [5, 5.41) is 24.9. The molecule has 2 unspecified atom stereocenters. The molecule has 0 bridgehead atoms. The van der Waals surface area contributed by atoms with Crippen molar-refractivity contribution in [3.8, 4) is 17.1 Å². The number of pyridine rings is 1. The Hall–Kier alpha value is -3.35. The zero-order valence-electron chi connectivity index (χ0n) is 16.3. The molecule has 0 amide bonds. The second-order valence-electron chi connectivity index (χ2n) is 7.78. The number of hydrogen-bond acceptors (Lipinski definition) is 5. The monoisotopic (exact) mass is 402 g/mol. The number of H-pyrrole nitrogens is 1. The van der Waals surface area contributed by atoms with E-state index in [1.807, 2.05) is 12.1 Å². The maximum Gasteiger partial charge on any atom is 0.248 e. The predicted octanol–water partition coefficient (Wildman–Crippen LogP) is 3.28. The van der Waals surface area contributed by atoms with E-state index in [4.69, 9.17) is 4.42 Å². The summed E-state index contributed by atoms with van der Waals surface area (Å²) in [6.07, 6.45) is 2.71. The largest absolute Gasteiger partial charge is 0.506 e. The Morgan fingerprint density at radius 2 is 1.97 bits per heavy atom. The van der Waals surface area contributed by atoms with Gasteiger partial charge in [0, 0.05) is 29.6 Å². The van der Waals surface area contributed by atoms with Crippen LogP contribution in [0.15, 0.2) is 70.1 Å². The van der Waals surface area contributed by atoms with Gasteiger partial charge in [-0.05, 0) is 59.9 Å². The van der Waals surface area contributed by atoms with E-state index in [0.717, 1.165) is 24.2 Å². The molecule has 4 N–H and O–H groups in total. The number of benzene rings is 2. The van der Waals surface area contributed by atoms with E-state index >= 15 is 0 Å². The highest BCUT2D eigenvalue weighted by atomic mass is 16.3. The second-order valence-corrected chi connectivity index (χ2v) is 7.78. The van der Waals surface area contributed by atoms with E-state index in [1.54, 1.807) is 18.4 Å². The molecule has 0 fully saturated rings. The number of phenolic OH excluding ortho intramolecular Hbond substituents is 1. The second kappa shape index (κ2) is 7.48. The van der Waals surface area contributed by atoms with Crippen LogP contribution in [-0.4, -0.2) is 27.8 Å². The molecule has 30 heavy (non-hydrogen) atoms. The van der Waals surface area contributed by atoms with E-state index in [9.17, 15) is 15.0 Å². The Balaban J connectivity index is 1.29. The van der Waals surface area contributed by atoms with Gasteiger partial charge in [-0.3, -0.25) is 4.79 Å². The maximum atomic E-state index is 11.6. The van der Waals surface area contributed by atoms with Gasteiger partial charge in [0.05, 0.1) is 17.9 Å². The van der Waals surface area contributed by atoms with Crippen molar-refractivity contribution in [1.29, 1.82) is 0 Å². The Labute approximate surface area is 172 Å². The molecule has 2 aromatic heterocycles. The van der Waals surface area contributed by atoms with Crippen LogP contribution >= 0.6 is 0 Å². The third-order valence-corrected chi connectivity index (χ3v) is 5.81. The lowest BCUT2D eigenvalue weighted by atomic mass is 10.0. The molecule has 2 heterocycles. The fraction of sp³-hybridized carbons (Fsp3) is 0.208. The van der Waals surface area contributed by atoms with E-state index in [-0.39, 0.29) is 17.4 Å². The standard InChI is InChI=1S/C24H22N2O4/c27-20-7-5-18(19-6-8-23(29)26-24(19)20)21(28)13-25-17-11-14-3-4-15(10-16(14)12-17)22-2-1-9-30-22/h1-10,17,21,25,27-28H,11-13H2,(H,26,29). The van der Waals surface area contributed by atoms with Gasteiger partial charge in [-0.1, -0.05) is 18.2 Å². The average molecular weight is 402 g/mol. The van der Waals surface area contributed by atoms with Crippen molar-refractivity contribution in [3.63, 3.8) is 0 Å². The van der Waals surface area contributed by atoms with Gasteiger partial charge < -0.3 is 24.9 Å². The van der Waals surface area contributed by atoms with Gasteiger partial charge in [0.2, 0.25) is 5.56 Å². The molecular formula is C24H22N2O4. The Morgan fingerprint density at radius 3 is 2.80 bits per heavy atom. The highest BCUT2D eigenvalue weighted by Gasteiger charge is 2.23. The number of phenols is 1. The van der Waals surface area contributed by atoms with Gasteiger partial charge >= 0.3 is 0 Å². The Morgan fingerprint density at radius 1 is 1.10 bits per heavy atom. The van der Waals surface area contributed by atoms with Crippen LogP contribution in [0.25, 0.3) is 22.2 Å². The molecule has 2 aromatic carbocycles. The first-order valence-electron chi connectivity index (χ1n) is 10.0. The quantitative estimate of drug-likeness (QED) is 0.411. The highest BCUT2D eigenvalue weighted by Crippen LogP contribution is 2.30. The Kier molecular flexibility index (Phi) is 4.65. The third-order valence-electron chi connectivity index (χ3n) is 5.81. The van der Waals surface area contributed by atoms with Crippen molar-refractivity contribution >= 4 is 10.9 Å². The number of aromatic nitrogens is 1. The lowest BCUT2D eigenvalue weighted by Gasteiger charge is -2.18. The summed E-state index contributed by atoms with van der Waals surface area (Å²) >= 11 is 0. The number of aromatic hydroxyl groups is 1. The van der Waals surface area contributed by atoms with Crippen LogP contribution in [0, 0.1) is 0 Å². The molecule has 0 radical (unpaired) electrons. The van der Waals surface area contributed by atoms with Crippen molar-refractivity contribution < 1.29 is 14.6 Å². The number of furan rings is 1. The van der Waals surface area contributed by atoms with Crippen molar-refractivity contribution in [2.24, 2.45) is 0 Å². The van der Waals surface area contributed by atoms with E-state index in [1.165, 1.54) is 23.3 Å². The highest BCUT2D eigenvalue weighted by molar-refractivity contribution is 5.87. The van der Waals surface area contributed by atoms with Crippen molar-refractivity contribution in [2.45, 2.75) is 25.0 Å². The molecule has 0 saturated carbocycles. The first kappa shape index (κ1) is 18.7. The fourth-order valence-corrected chi connectivity index (χ4v) is 4.30. The van der Waals surface area contributed by atoms with Crippen LogP contribution in [0.2, 0.25) is 0 Å². The molecule has 1 aliphatic rings. The van der Waals surface area contributed by atoms with Gasteiger partial charge in [-0.2, -0.15) is 0 Å². The molecule has 0 aliphatic heterocycles. The zero-order valence-corrected chi connectivity index (χ0v) is 16.3. The number of rotatable bonds is 5. The number of aromatic amines is 1. The van der Waals surface area contributed by atoms with Crippen molar-refractivity contribution in [3.05, 3.63) is 87.9 Å². The van der Waals surface area contributed by atoms with Gasteiger partial charge in [0.15, 0.2) is 0 Å². The normalized spacial score (nSPS) is 16.6. The van der Waals surface area contributed by atoms with Crippen LogP contribution in [0.5, 0.6) is 5.75 Å². The molecule has 2 atom stereocenters. The van der Waals surface area contributed by atoms with E-state index in [2.05, 4.69) is 28.5 Å². The zero-order chi connectivity index (χ0) is 20.7. The molecule has 1 aliphatic carbocycles. The van der Waals surface area contributed by atoms with Crippen LogP contribution in [0.4, 0.5) is 0 Å². The Bertz CT molecular complexity index is 1260. The van der Waals surface area contributed by atoms with Crippen molar-refractivity contribution in [1.82, 2.24) is 10.3 Å². The van der Waals surface area contributed by atoms with Crippen LogP contribution < -0.4 is 10.9 Å². The first-order chi connectivity index (χ1) is 14.6. The summed E-state index contributed by atoms with van der Waals surface area (Å²) in [5.74, 6) is 0.854. The number of hydrogen-bond donors (Lipinski definition) is 4. The molecule has 0 saturated heterocycles. The average Bonchev–Trinajstić information content (AvgIpc) is 3.41. The minimum atomic E-state index is -0.763. The van der Waals surface area contributed by atoms with Gasteiger partial charge in [-0.25, -0.2) is 0 Å².